The van der Waals surface area contributed by atoms with E-state index in [0.717, 1.165) is 28.5 Å². The first-order valence-electron chi connectivity index (χ1n) is 9.03. The average Bonchev–Trinajstić information content (AvgIpc) is 2.70. The number of hydrogen-bond acceptors (Lipinski definition) is 3. The van der Waals surface area contributed by atoms with Gasteiger partial charge in [0.05, 0.1) is 11.8 Å². The van der Waals surface area contributed by atoms with Crippen molar-refractivity contribution in [1.29, 1.82) is 0 Å². The number of rotatable bonds is 7. The van der Waals surface area contributed by atoms with E-state index in [4.69, 9.17) is 4.74 Å². The molecule has 0 saturated carbocycles. The standard InChI is InChI=1S/C22H24N2O2/c1-3-14-26-16(2)15-24-22(25)19-10-8-18(9-11-19)21-20-7-5-4-6-17(20)12-13-23-21/h4-13,16H,3,14-15H2,1-2H3,(H,24,25). The topological polar surface area (TPSA) is 51.2 Å². The normalized spacial score (nSPS) is 12.1. The van der Waals surface area contributed by atoms with Gasteiger partial charge in [-0.05, 0) is 36.9 Å². The Labute approximate surface area is 154 Å². The number of nitrogens with one attached hydrogen (secondary N) is 1. The molecule has 0 saturated heterocycles. The predicted octanol–water partition coefficient (Wildman–Crippen LogP) is 4.45. The van der Waals surface area contributed by atoms with Crippen molar-refractivity contribution in [2.75, 3.05) is 13.2 Å². The Morgan fingerprint density at radius 3 is 2.65 bits per heavy atom. The first-order chi connectivity index (χ1) is 12.7. The van der Waals surface area contributed by atoms with E-state index in [1.165, 1.54) is 0 Å². The number of nitrogens with zero attached hydrogens (tertiary/aromatic N) is 1. The van der Waals surface area contributed by atoms with Crippen LogP contribution in [0.15, 0.2) is 60.8 Å². The molecule has 1 heterocycles. The molecule has 3 rings (SSSR count). The van der Waals surface area contributed by atoms with Crippen molar-refractivity contribution >= 4 is 16.7 Å². The minimum absolute atomic E-state index is 0.0121. The van der Waals surface area contributed by atoms with Crippen LogP contribution in [0.2, 0.25) is 0 Å². The summed E-state index contributed by atoms with van der Waals surface area (Å²) in [6.07, 6.45) is 2.80. The Hall–Kier alpha value is -2.72. The van der Waals surface area contributed by atoms with Crippen LogP contribution in [0.25, 0.3) is 22.0 Å². The highest BCUT2D eigenvalue weighted by Gasteiger charge is 2.10. The molecule has 3 aromatic rings. The van der Waals surface area contributed by atoms with Crippen molar-refractivity contribution in [2.45, 2.75) is 26.4 Å². The minimum atomic E-state index is -0.0885. The molecule has 134 valence electrons. The lowest BCUT2D eigenvalue weighted by Crippen LogP contribution is -2.32. The minimum Gasteiger partial charge on any atom is -0.377 e. The number of benzene rings is 2. The van der Waals surface area contributed by atoms with Gasteiger partial charge in [0, 0.05) is 35.9 Å². The van der Waals surface area contributed by atoms with Crippen molar-refractivity contribution in [3.8, 4) is 11.3 Å². The average molecular weight is 348 g/mol. The van der Waals surface area contributed by atoms with Crippen LogP contribution in [0.3, 0.4) is 0 Å². The van der Waals surface area contributed by atoms with E-state index >= 15 is 0 Å². The number of pyridine rings is 1. The summed E-state index contributed by atoms with van der Waals surface area (Å²) in [4.78, 5) is 16.8. The first-order valence-corrected chi connectivity index (χ1v) is 9.03. The number of hydrogen-bond donors (Lipinski definition) is 1. The number of ether oxygens (including phenoxy) is 1. The van der Waals surface area contributed by atoms with Crippen LogP contribution in [-0.2, 0) is 4.74 Å². The van der Waals surface area contributed by atoms with Gasteiger partial charge in [0.15, 0.2) is 0 Å². The third-order valence-electron chi connectivity index (χ3n) is 4.25. The lowest BCUT2D eigenvalue weighted by atomic mass is 10.0. The largest absolute Gasteiger partial charge is 0.377 e. The van der Waals surface area contributed by atoms with E-state index in [1.54, 1.807) is 0 Å². The molecule has 1 aromatic heterocycles. The lowest BCUT2D eigenvalue weighted by Gasteiger charge is -2.13. The fourth-order valence-corrected chi connectivity index (χ4v) is 2.85. The van der Waals surface area contributed by atoms with Gasteiger partial charge in [-0.3, -0.25) is 9.78 Å². The highest BCUT2D eigenvalue weighted by atomic mass is 16.5. The molecule has 4 nitrogen and oxygen atoms in total. The number of carbonyl (C=O) groups excluding carboxylic acids is 1. The molecule has 0 radical (unpaired) electrons. The Morgan fingerprint density at radius 1 is 1.12 bits per heavy atom. The van der Waals surface area contributed by atoms with Crippen molar-refractivity contribution in [3.05, 3.63) is 66.4 Å². The number of aromatic nitrogens is 1. The zero-order valence-corrected chi connectivity index (χ0v) is 15.2. The van der Waals surface area contributed by atoms with Gasteiger partial charge in [-0.25, -0.2) is 0 Å². The van der Waals surface area contributed by atoms with Crippen LogP contribution >= 0.6 is 0 Å². The molecule has 1 unspecified atom stereocenters. The van der Waals surface area contributed by atoms with Gasteiger partial charge >= 0.3 is 0 Å². The Morgan fingerprint density at radius 2 is 1.88 bits per heavy atom. The van der Waals surface area contributed by atoms with Crippen molar-refractivity contribution in [3.63, 3.8) is 0 Å². The van der Waals surface area contributed by atoms with E-state index < -0.39 is 0 Å². The van der Waals surface area contributed by atoms with E-state index in [2.05, 4.69) is 29.4 Å². The van der Waals surface area contributed by atoms with E-state index in [9.17, 15) is 4.79 Å². The fraction of sp³-hybridized carbons (Fsp3) is 0.273. The van der Waals surface area contributed by atoms with Crippen LogP contribution < -0.4 is 5.32 Å². The molecule has 1 amide bonds. The van der Waals surface area contributed by atoms with Crippen LogP contribution in [-0.4, -0.2) is 30.1 Å². The molecular weight excluding hydrogens is 324 g/mol. The van der Waals surface area contributed by atoms with E-state index in [0.29, 0.717) is 18.7 Å². The maximum atomic E-state index is 12.3. The third-order valence-corrected chi connectivity index (χ3v) is 4.25. The molecule has 1 N–H and O–H groups in total. The highest BCUT2D eigenvalue weighted by molar-refractivity contribution is 5.97. The summed E-state index contributed by atoms with van der Waals surface area (Å²) in [5.41, 5.74) is 2.56. The summed E-state index contributed by atoms with van der Waals surface area (Å²) in [7, 11) is 0. The number of carbonyl (C=O) groups is 1. The van der Waals surface area contributed by atoms with Gasteiger partial charge < -0.3 is 10.1 Å². The zero-order valence-electron chi connectivity index (χ0n) is 15.2. The van der Waals surface area contributed by atoms with Gasteiger partial charge in [-0.1, -0.05) is 43.3 Å². The summed E-state index contributed by atoms with van der Waals surface area (Å²) < 4.78 is 5.57. The van der Waals surface area contributed by atoms with Crippen LogP contribution in [0.1, 0.15) is 30.6 Å². The molecule has 2 aromatic carbocycles. The SMILES string of the molecule is CCCOC(C)CNC(=O)c1ccc(-c2nccc3ccccc23)cc1. The second-order valence-corrected chi connectivity index (χ2v) is 6.35. The molecule has 1 atom stereocenters. The van der Waals surface area contributed by atoms with Gasteiger partial charge in [-0.2, -0.15) is 0 Å². The molecule has 0 bridgehead atoms. The molecule has 0 spiro atoms. The summed E-state index contributed by atoms with van der Waals surface area (Å²) in [5, 5.41) is 5.18. The van der Waals surface area contributed by atoms with Crippen LogP contribution in [0.4, 0.5) is 0 Å². The van der Waals surface area contributed by atoms with Crippen LogP contribution in [0, 0.1) is 0 Å². The quantitative estimate of drug-likeness (QED) is 0.686. The van der Waals surface area contributed by atoms with Gasteiger partial charge in [0.2, 0.25) is 0 Å². The maximum absolute atomic E-state index is 12.3. The second kappa shape index (κ2) is 8.59. The molecule has 0 fully saturated rings. The lowest BCUT2D eigenvalue weighted by molar-refractivity contribution is 0.0622. The first kappa shape index (κ1) is 18.1. The molecule has 4 heteroatoms. The Balaban J connectivity index is 1.71. The molecule has 0 aliphatic carbocycles. The summed E-state index contributed by atoms with van der Waals surface area (Å²) in [5.74, 6) is -0.0885. The van der Waals surface area contributed by atoms with Gasteiger partial charge in [0.1, 0.15) is 0 Å². The monoisotopic (exact) mass is 348 g/mol. The van der Waals surface area contributed by atoms with Crippen molar-refractivity contribution < 1.29 is 9.53 Å². The predicted molar refractivity (Wildman–Crippen MR) is 105 cm³/mol. The number of amides is 1. The molecule has 0 aliphatic rings. The van der Waals surface area contributed by atoms with Crippen molar-refractivity contribution in [2.24, 2.45) is 0 Å². The molecule has 26 heavy (non-hydrogen) atoms. The van der Waals surface area contributed by atoms with Gasteiger partial charge in [0.25, 0.3) is 5.91 Å². The summed E-state index contributed by atoms with van der Waals surface area (Å²) in [6, 6.07) is 17.7. The highest BCUT2D eigenvalue weighted by Crippen LogP contribution is 2.26. The Kier molecular flexibility index (Phi) is 5.97. The fourth-order valence-electron chi connectivity index (χ4n) is 2.85. The van der Waals surface area contributed by atoms with E-state index in [-0.39, 0.29) is 12.0 Å². The van der Waals surface area contributed by atoms with Crippen molar-refractivity contribution in [1.82, 2.24) is 10.3 Å². The smallest absolute Gasteiger partial charge is 0.251 e. The Bertz CT molecular complexity index is 869. The third kappa shape index (κ3) is 4.27. The molecular formula is C22H24N2O2. The summed E-state index contributed by atoms with van der Waals surface area (Å²) >= 11 is 0. The number of fused-ring (bicyclic) bond motifs is 1. The van der Waals surface area contributed by atoms with Crippen LogP contribution in [0.5, 0.6) is 0 Å². The summed E-state index contributed by atoms with van der Waals surface area (Å²) in [6.45, 7) is 5.25. The zero-order chi connectivity index (χ0) is 18.4. The second-order valence-electron chi connectivity index (χ2n) is 6.35. The maximum Gasteiger partial charge on any atom is 0.251 e. The van der Waals surface area contributed by atoms with Gasteiger partial charge in [-0.15, -0.1) is 0 Å². The van der Waals surface area contributed by atoms with E-state index in [1.807, 2.05) is 55.6 Å². The molecule has 0 aliphatic heterocycles.